The van der Waals surface area contributed by atoms with Crippen LogP contribution in [0.25, 0.3) is 56.0 Å². The molecule has 0 saturated carbocycles. The van der Waals surface area contributed by atoms with Gasteiger partial charge in [-0.25, -0.2) is 0 Å². The maximum absolute atomic E-state index is 4.78. The third-order valence-electron chi connectivity index (χ3n) is 10.0. The SMILES string of the molecule is CC(C)(C)c1ccc(-n2c(-c3ccccc3)nnc2-c2ccc(N(c3ccccc3)c3ccc(-n4c5ccccc5c5ccccc54)cc3)cc2)cc1. The predicted molar refractivity (Wildman–Crippen MR) is 220 cm³/mol. The van der Waals surface area contributed by atoms with Crippen molar-refractivity contribution in [3.8, 4) is 34.2 Å². The van der Waals surface area contributed by atoms with Gasteiger partial charge in [-0.15, -0.1) is 10.2 Å². The normalized spacial score (nSPS) is 11.7. The molecule has 0 aliphatic rings. The van der Waals surface area contributed by atoms with Crippen molar-refractivity contribution in [2.75, 3.05) is 4.90 Å². The molecule has 7 aromatic carbocycles. The highest BCUT2D eigenvalue weighted by atomic mass is 15.3. The van der Waals surface area contributed by atoms with Gasteiger partial charge in [0.15, 0.2) is 11.6 Å². The summed E-state index contributed by atoms with van der Waals surface area (Å²) in [5, 5.41) is 12.0. The summed E-state index contributed by atoms with van der Waals surface area (Å²) in [6.45, 7) is 6.71. The molecule has 9 rings (SSSR count). The Kier molecular flexibility index (Phi) is 7.97. The van der Waals surface area contributed by atoms with Crippen LogP contribution in [-0.4, -0.2) is 19.3 Å². The van der Waals surface area contributed by atoms with Crippen molar-refractivity contribution < 1.29 is 0 Å². The molecule has 53 heavy (non-hydrogen) atoms. The Hall–Kier alpha value is -6.72. The van der Waals surface area contributed by atoms with Crippen LogP contribution in [0.1, 0.15) is 26.3 Å². The number of benzene rings is 7. The molecule has 2 aromatic heterocycles. The summed E-state index contributed by atoms with van der Waals surface area (Å²) < 4.78 is 4.52. The first kappa shape index (κ1) is 32.2. The van der Waals surface area contributed by atoms with E-state index in [1.165, 1.54) is 27.4 Å². The van der Waals surface area contributed by atoms with Crippen molar-refractivity contribution in [3.63, 3.8) is 0 Å². The first-order valence-electron chi connectivity index (χ1n) is 18.1. The zero-order valence-corrected chi connectivity index (χ0v) is 30.1. The van der Waals surface area contributed by atoms with Crippen LogP contribution in [0.3, 0.4) is 0 Å². The highest BCUT2D eigenvalue weighted by Crippen LogP contribution is 2.38. The van der Waals surface area contributed by atoms with Gasteiger partial charge < -0.3 is 9.47 Å². The van der Waals surface area contributed by atoms with Gasteiger partial charge in [-0.2, -0.15) is 0 Å². The summed E-state index contributed by atoms with van der Waals surface area (Å²) in [4.78, 5) is 2.30. The fourth-order valence-corrected chi connectivity index (χ4v) is 7.34. The minimum Gasteiger partial charge on any atom is -0.311 e. The smallest absolute Gasteiger partial charge is 0.168 e. The number of para-hydroxylation sites is 3. The van der Waals surface area contributed by atoms with Gasteiger partial charge in [-0.3, -0.25) is 4.57 Å². The van der Waals surface area contributed by atoms with Crippen molar-refractivity contribution in [3.05, 3.63) is 188 Å². The number of anilines is 3. The number of hydrogen-bond acceptors (Lipinski definition) is 3. The standard InChI is InChI=1S/C48H39N5/c1-48(2,3)36-24-28-41(29-25-36)53-46(34-14-6-4-7-15-34)49-50-47(53)35-22-26-38(27-23-35)51(37-16-8-5-9-17-37)39-30-32-40(33-31-39)52-44-20-12-10-18-42(44)43-19-11-13-21-45(43)52/h4-33H,1-3H3. The van der Waals surface area contributed by atoms with E-state index < -0.39 is 0 Å². The van der Waals surface area contributed by atoms with Crippen molar-refractivity contribution >= 4 is 38.9 Å². The second kappa shape index (κ2) is 13.1. The van der Waals surface area contributed by atoms with Gasteiger partial charge in [0.2, 0.25) is 0 Å². The maximum Gasteiger partial charge on any atom is 0.168 e. The van der Waals surface area contributed by atoms with Gasteiger partial charge >= 0.3 is 0 Å². The molecule has 0 amide bonds. The van der Waals surface area contributed by atoms with Crippen molar-refractivity contribution in [2.45, 2.75) is 26.2 Å². The number of hydrogen-bond donors (Lipinski definition) is 0. The van der Waals surface area contributed by atoms with Crippen LogP contribution >= 0.6 is 0 Å². The zero-order chi connectivity index (χ0) is 35.9. The number of nitrogens with zero attached hydrogens (tertiary/aromatic N) is 5. The second-order valence-electron chi connectivity index (χ2n) is 14.4. The summed E-state index contributed by atoms with van der Waals surface area (Å²) in [6.07, 6.45) is 0. The molecule has 0 fully saturated rings. The molecule has 0 spiro atoms. The van der Waals surface area contributed by atoms with Crippen molar-refractivity contribution in [1.82, 2.24) is 19.3 Å². The molecular weight excluding hydrogens is 647 g/mol. The van der Waals surface area contributed by atoms with E-state index in [9.17, 15) is 0 Å². The molecule has 0 bridgehead atoms. The van der Waals surface area contributed by atoms with E-state index in [0.717, 1.165) is 51.2 Å². The van der Waals surface area contributed by atoms with Gasteiger partial charge in [0, 0.05) is 50.3 Å². The third kappa shape index (κ3) is 5.86. The minimum atomic E-state index is 0.0582. The van der Waals surface area contributed by atoms with Crippen LogP contribution in [0.15, 0.2) is 182 Å². The molecule has 5 heteroatoms. The molecule has 0 aliphatic carbocycles. The average molecular weight is 686 g/mol. The summed E-state index contributed by atoms with van der Waals surface area (Å²) in [5.41, 5.74) is 11.1. The molecule has 9 aromatic rings. The maximum atomic E-state index is 4.78. The molecule has 0 N–H and O–H groups in total. The average Bonchev–Trinajstić information content (AvgIpc) is 3.80. The Morgan fingerprint density at radius 1 is 0.396 bits per heavy atom. The second-order valence-corrected chi connectivity index (χ2v) is 14.4. The Morgan fingerprint density at radius 2 is 0.811 bits per heavy atom. The molecular formula is C48H39N5. The van der Waals surface area contributed by atoms with E-state index >= 15 is 0 Å². The summed E-state index contributed by atoms with van der Waals surface area (Å²) >= 11 is 0. The highest BCUT2D eigenvalue weighted by Gasteiger charge is 2.20. The summed E-state index contributed by atoms with van der Waals surface area (Å²) in [5.74, 6) is 1.60. The quantitative estimate of drug-likeness (QED) is 0.168. The number of aromatic nitrogens is 4. The molecule has 5 nitrogen and oxygen atoms in total. The van der Waals surface area contributed by atoms with Gasteiger partial charge in [0.1, 0.15) is 0 Å². The van der Waals surface area contributed by atoms with E-state index in [2.05, 4.69) is 199 Å². The lowest BCUT2D eigenvalue weighted by Crippen LogP contribution is -2.11. The minimum absolute atomic E-state index is 0.0582. The Labute approximate surface area is 310 Å². The molecule has 0 atom stereocenters. The largest absolute Gasteiger partial charge is 0.311 e. The fraction of sp³-hybridized carbons (Fsp3) is 0.0833. The van der Waals surface area contributed by atoms with E-state index in [-0.39, 0.29) is 5.41 Å². The fourth-order valence-electron chi connectivity index (χ4n) is 7.34. The van der Waals surface area contributed by atoms with Crippen molar-refractivity contribution in [2.24, 2.45) is 0 Å². The lowest BCUT2D eigenvalue weighted by Gasteiger charge is -2.26. The Morgan fingerprint density at radius 3 is 1.36 bits per heavy atom. The first-order valence-corrected chi connectivity index (χ1v) is 18.1. The molecule has 0 aliphatic heterocycles. The van der Waals surface area contributed by atoms with Gasteiger partial charge in [0.05, 0.1) is 11.0 Å². The lowest BCUT2D eigenvalue weighted by atomic mass is 9.87. The lowest BCUT2D eigenvalue weighted by molar-refractivity contribution is 0.590. The first-order chi connectivity index (χ1) is 25.9. The topological polar surface area (TPSA) is 38.9 Å². The van der Waals surface area contributed by atoms with E-state index in [4.69, 9.17) is 10.2 Å². The molecule has 0 unspecified atom stereocenters. The van der Waals surface area contributed by atoms with Crippen LogP contribution in [0.4, 0.5) is 17.1 Å². The molecule has 256 valence electrons. The van der Waals surface area contributed by atoms with Crippen LogP contribution in [-0.2, 0) is 5.41 Å². The van der Waals surface area contributed by atoms with Gasteiger partial charge in [-0.1, -0.05) is 118 Å². The van der Waals surface area contributed by atoms with E-state index in [1.807, 2.05) is 18.2 Å². The van der Waals surface area contributed by atoms with E-state index in [1.54, 1.807) is 0 Å². The van der Waals surface area contributed by atoms with Crippen LogP contribution in [0, 0.1) is 0 Å². The van der Waals surface area contributed by atoms with Gasteiger partial charge in [-0.05, 0) is 95.9 Å². The van der Waals surface area contributed by atoms with E-state index in [0.29, 0.717) is 0 Å². The summed E-state index contributed by atoms with van der Waals surface area (Å²) in [6, 6.07) is 64.3. The monoisotopic (exact) mass is 685 g/mol. The van der Waals surface area contributed by atoms with Crippen LogP contribution in [0.5, 0.6) is 0 Å². The third-order valence-corrected chi connectivity index (χ3v) is 10.0. The number of rotatable bonds is 7. The van der Waals surface area contributed by atoms with Crippen molar-refractivity contribution in [1.29, 1.82) is 0 Å². The Bertz CT molecular complexity index is 2610. The number of fused-ring (bicyclic) bond motifs is 3. The molecule has 0 saturated heterocycles. The van der Waals surface area contributed by atoms with Gasteiger partial charge in [0.25, 0.3) is 0 Å². The zero-order valence-electron chi connectivity index (χ0n) is 30.1. The van der Waals surface area contributed by atoms with Crippen LogP contribution < -0.4 is 4.90 Å². The van der Waals surface area contributed by atoms with Crippen LogP contribution in [0.2, 0.25) is 0 Å². The predicted octanol–water partition coefficient (Wildman–Crippen LogP) is 12.5. The Balaban J connectivity index is 1.11. The molecule has 2 heterocycles. The molecule has 0 radical (unpaired) electrons. The summed E-state index contributed by atoms with van der Waals surface area (Å²) in [7, 11) is 0. The highest BCUT2D eigenvalue weighted by molar-refractivity contribution is 6.09.